The smallest absolute Gasteiger partial charge is 0.214 e. The number of nitrogens with two attached hydrogens (primary N) is 1. The number of hydrogen-bond donors (Lipinski definition) is 1. The SMILES string of the molecule is CCC(C)c1ccc(F)nc1N. The van der Waals surface area contributed by atoms with Crippen molar-refractivity contribution in [3.8, 4) is 0 Å². The van der Waals surface area contributed by atoms with Crippen molar-refractivity contribution >= 4 is 5.82 Å². The van der Waals surface area contributed by atoms with Gasteiger partial charge in [0.05, 0.1) is 0 Å². The van der Waals surface area contributed by atoms with Crippen LogP contribution in [0.2, 0.25) is 0 Å². The van der Waals surface area contributed by atoms with Gasteiger partial charge in [-0.05, 0) is 24.0 Å². The molecule has 0 radical (unpaired) electrons. The minimum Gasteiger partial charge on any atom is -0.383 e. The van der Waals surface area contributed by atoms with E-state index in [1.807, 2.05) is 6.92 Å². The molecule has 0 saturated heterocycles. The molecule has 2 N–H and O–H groups in total. The van der Waals surface area contributed by atoms with Crippen LogP contribution < -0.4 is 5.73 Å². The molecule has 12 heavy (non-hydrogen) atoms. The molecule has 0 aliphatic rings. The Hall–Kier alpha value is -1.12. The molecule has 0 saturated carbocycles. The molecule has 0 aliphatic heterocycles. The zero-order valence-corrected chi connectivity index (χ0v) is 7.34. The van der Waals surface area contributed by atoms with E-state index in [1.165, 1.54) is 6.07 Å². The number of anilines is 1. The first-order valence-electron chi connectivity index (χ1n) is 4.07. The van der Waals surface area contributed by atoms with Gasteiger partial charge in [-0.15, -0.1) is 0 Å². The number of nitrogen functional groups attached to an aromatic ring is 1. The predicted octanol–water partition coefficient (Wildman–Crippen LogP) is 2.32. The monoisotopic (exact) mass is 168 g/mol. The van der Waals surface area contributed by atoms with Gasteiger partial charge in [0.15, 0.2) is 0 Å². The van der Waals surface area contributed by atoms with Crippen LogP contribution in [0.15, 0.2) is 12.1 Å². The van der Waals surface area contributed by atoms with Gasteiger partial charge in [0.2, 0.25) is 5.95 Å². The summed E-state index contributed by atoms with van der Waals surface area (Å²) in [4.78, 5) is 3.55. The molecule has 66 valence electrons. The minimum atomic E-state index is -0.514. The molecular weight excluding hydrogens is 155 g/mol. The molecule has 1 heterocycles. The van der Waals surface area contributed by atoms with Crippen LogP contribution in [0, 0.1) is 5.95 Å². The van der Waals surface area contributed by atoms with E-state index in [1.54, 1.807) is 6.07 Å². The van der Waals surface area contributed by atoms with Crippen molar-refractivity contribution in [1.29, 1.82) is 0 Å². The maximum absolute atomic E-state index is 12.5. The lowest BCUT2D eigenvalue weighted by Crippen LogP contribution is -2.02. The Balaban J connectivity index is 3.01. The average Bonchev–Trinajstić information content (AvgIpc) is 2.03. The van der Waals surface area contributed by atoms with Crippen LogP contribution in [0.3, 0.4) is 0 Å². The fraction of sp³-hybridized carbons (Fsp3) is 0.444. The van der Waals surface area contributed by atoms with Crippen LogP contribution in [-0.2, 0) is 0 Å². The summed E-state index contributed by atoms with van der Waals surface area (Å²) >= 11 is 0. The standard InChI is InChI=1S/C9H13FN2/c1-3-6(2)7-4-5-8(10)12-9(7)11/h4-6H,3H2,1-2H3,(H2,11,12). The summed E-state index contributed by atoms with van der Waals surface area (Å²) in [7, 11) is 0. The predicted molar refractivity (Wildman–Crippen MR) is 47.3 cm³/mol. The molecule has 1 unspecified atom stereocenters. The average molecular weight is 168 g/mol. The Morgan fingerprint density at radius 1 is 1.58 bits per heavy atom. The Bertz CT molecular complexity index is 273. The molecule has 0 amide bonds. The van der Waals surface area contributed by atoms with E-state index >= 15 is 0 Å². The van der Waals surface area contributed by atoms with Gasteiger partial charge in [0.1, 0.15) is 5.82 Å². The van der Waals surface area contributed by atoms with Gasteiger partial charge in [-0.1, -0.05) is 19.9 Å². The lowest BCUT2D eigenvalue weighted by molar-refractivity contribution is 0.582. The second kappa shape index (κ2) is 3.52. The molecule has 1 atom stereocenters. The molecule has 0 spiro atoms. The van der Waals surface area contributed by atoms with Gasteiger partial charge in [0.25, 0.3) is 0 Å². The van der Waals surface area contributed by atoms with Crippen LogP contribution in [0.25, 0.3) is 0 Å². The third-order valence-electron chi connectivity index (χ3n) is 2.07. The molecule has 1 aromatic rings. The lowest BCUT2D eigenvalue weighted by Gasteiger charge is -2.10. The Kier molecular flexibility index (Phi) is 2.63. The third-order valence-corrected chi connectivity index (χ3v) is 2.07. The molecule has 3 heteroatoms. The van der Waals surface area contributed by atoms with E-state index in [4.69, 9.17) is 5.73 Å². The normalized spacial score (nSPS) is 12.9. The summed E-state index contributed by atoms with van der Waals surface area (Å²) < 4.78 is 12.5. The van der Waals surface area contributed by atoms with E-state index in [-0.39, 0.29) is 0 Å². The van der Waals surface area contributed by atoms with Crippen molar-refractivity contribution in [1.82, 2.24) is 4.98 Å². The first kappa shape index (κ1) is 8.97. The van der Waals surface area contributed by atoms with Crippen molar-refractivity contribution in [2.45, 2.75) is 26.2 Å². The second-order valence-corrected chi connectivity index (χ2v) is 2.92. The van der Waals surface area contributed by atoms with E-state index in [2.05, 4.69) is 11.9 Å². The molecule has 1 rings (SSSR count). The van der Waals surface area contributed by atoms with Gasteiger partial charge < -0.3 is 5.73 Å². The highest BCUT2D eigenvalue weighted by molar-refractivity contribution is 5.40. The summed E-state index contributed by atoms with van der Waals surface area (Å²) in [6.07, 6.45) is 0.984. The third kappa shape index (κ3) is 1.72. The number of hydrogen-bond acceptors (Lipinski definition) is 2. The maximum Gasteiger partial charge on any atom is 0.214 e. The van der Waals surface area contributed by atoms with Gasteiger partial charge in [-0.2, -0.15) is 4.39 Å². The van der Waals surface area contributed by atoms with E-state index in [9.17, 15) is 4.39 Å². The topological polar surface area (TPSA) is 38.9 Å². The fourth-order valence-electron chi connectivity index (χ4n) is 1.10. The first-order valence-corrected chi connectivity index (χ1v) is 4.07. The van der Waals surface area contributed by atoms with Gasteiger partial charge >= 0.3 is 0 Å². The maximum atomic E-state index is 12.5. The number of nitrogens with zero attached hydrogens (tertiary/aromatic N) is 1. The molecule has 0 aromatic carbocycles. The van der Waals surface area contributed by atoms with Crippen LogP contribution in [0.5, 0.6) is 0 Å². The van der Waals surface area contributed by atoms with E-state index in [0.29, 0.717) is 11.7 Å². The summed E-state index contributed by atoms with van der Waals surface area (Å²) in [6, 6.07) is 3.05. The molecule has 2 nitrogen and oxygen atoms in total. The number of pyridine rings is 1. The number of rotatable bonds is 2. The largest absolute Gasteiger partial charge is 0.383 e. The summed E-state index contributed by atoms with van der Waals surface area (Å²) in [5.74, 6) is 0.141. The fourth-order valence-corrected chi connectivity index (χ4v) is 1.10. The lowest BCUT2D eigenvalue weighted by atomic mass is 10.00. The molecule has 0 bridgehead atoms. The summed E-state index contributed by atoms with van der Waals surface area (Å²) in [6.45, 7) is 4.11. The van der Waals surface area contributed by atoms with Crippen LogP contribution in [-0.4, -0.2) is 4.98 Å². The quantitative estimate of drug-likeness (QED) is 0.688. The van der Waals surface area contributed by atoms with Crippen LogP contribution in [0.1, 0.15) is 31.7 Å². The van der Waals surface area contributed by atoms with Crippen molar-refractivity contribution in [3.05, 3.63) is 23.6 Å². The molecule has 1 aromatic heterocycles. The second-order valence-electron chi connectivity index (χ2n) is 2.92. The molecular formula is C9H13FN2. The molecule has 0 fully saturated rings. The summed E-state index contributed by atoms with van der Waals surface area (Å²) in [5, 5.41) is 0. The van der Waals surface area contributed by atoms with E-state index < -0.39 is 5.95 Å². The van der Waals surface area contributed by atoms with Gasteiger partial charge in [0, 0.05) is 0 Å². The number of halogens is 1. The Labute approximate surface area is 71.6 Å². The minimum absolute atomic E-state index is 0.310. The van der Waals surface area contributed by atoms with Crippen LogP contribution in [0.4, 0.5) is 10.2 Å². The van der Waals surface area contributed by atoms with Gasteiger partial charge in [-0.3, -0.25) is 0 Å². The zero-order chi connectivity index (χ0) is 9.14. The Morgan fingerprint density at radius 3 is 2.75 bits per heavy atom. The molecule has 0 aliphatic carbocycles. The highest BCUT2D eigenvalue weighted by atomic mass is 19.1. The van der Waals surface area contributed by atoms with Crippen molar-refractivity contribution in [2.24, 2.45) is 0 Å². The van der Waals surface area contributed by atoms with Crippen molar-refractivity contribution in [3.63, 3.8) is 0 Å². The van der Waals surface area contributed by atoms with Gasteiger partial charge in [-0.25, -0.2) is 4.98 Å². The highest BCUT2D eigenvalue weighted by Crippen LogP contribution is 2.22. The van der Waals surface area contributed by atoms with Crippen LogP contribution >= 0.6 is 0 Å². The van der Waals surface area contributed by atoms with Crippen molar-refractivity contribution < 1.29 is 4.39 Å². The van der Waals surface area contributed by atoms with E-state index in [0.717, 1.165) is 12.0 Å². The first-order chi connectivity index (χ1) is 5.65. The number of aromatic nitrogens is 1. The van der Waals surface area contributed by atoms with Crippen molar-refractivity contribution in [2.75, 3.05) is 5.73 Å². The Morgan fingerprint density at radius 2 is 2.25 bits per heavy atom. The zero-order valence-electron chi connectivity index (χ0n) is 7.34. The highest BCUT2D eigenvalue weighted by Gasteiger charge is 2.08. The summed E-state index contributed by atoms with van der Waals surface area (Å²) in [5.41, 5.74) is 6.48.